The lowest BCUT2D eigenvalue weighted by Crippen LogP contribution is -2.40. The van der Waals surface area contributed by atoms with Crippen molar-refractivity contribution >= 4 is 12.0 Å². The number of nitrogens with zero attached hydrogens (tertiary/aromatic N) is 1. The van der Waals surface area contributed by atoms with Gasteiger partial charge in [0, 0.05) is 18.7 Å². The van der Waals surface area contributed by atoms with Crippen molar-refractivity contribution in [2.24, 2.45) is 0 Å². The summed E-state index contributed by atoms with van der Waals surface area (Å²) in [5.41, 5.74) is 0.956. The first kappa shape index (κ1) is 14.9. The molecule has 1 fully saturated rings. The Kier molecular flexibility index (Phi) is 4.66. The van der Waals surface area contributed by atoms with Crippen LogP contribution in [0.3, 0.4) is 0 Å². The highest BCUT2D eigenvalue weighted by molar-refractivity contribution is 5.92. The predicted octanol–water partition coefficient (Wildman–Crippen LogP) is 3.61. The van der Waals surface area contributed by atoms with E-state index in [0.717, 1.165) is 36.4 Å². The molecule has 1 aromatic rings. The summed E-state index contributed by atoms with van der Waals surface area (Å²) < 4.78 is 10.7. The zero-order valence-corrected chi connectivity index (χ0v) is 13.1. The minimum absolute atomic E-state index is 0.104. The van der Waals surface area contributed by atoms with E-state index in [-0.39, 0.29) is 12.7 Å². The Bertz CT molecular complexity index is 561. The van der Waals surface area contributed by atoms with Crippen molar-refractivity contribution in [3.63, 3.8) is 0 Å². The maximum atomic E-state index is 12.5. The highest BCUT2D eigenvalue weighted by Crippen LogP contribution is 2.32. The van der Waals surface area contributed by atoms with Gasteiger partial charge in [0.25, 0.3) is 0 Å². The number of fused-ring (bicyclic) bond motifs is 1. The molecule has 3 rings (SSSR count). The van der Waals surface area contributed by atoms with Gasteiger partial charge in [-0.2, -0.15) is 0 Å². The monoisotopic (exact) mass is 301 g/mol. The molecule has 1 aliphatic heterocycles. The quantitative estimate of drug-likeness (QED) is 0.797. The van der Waals surface area contributed by atoms with E-state index in [1.54, 1.807) is 6.08 Å². The lowest BCUT2D eigenvalue weighted by atomic mass is 9.94. The topological polar surface area (TPSA) is 38.8 Å². The molecule has 4 nitrogen and oxygen atoms in total. The van der Waals surface area contributed by atoms with Gasteiger partial charge in [0.1, 0.15) is 0 Å². The highest BCUT2D eigenvalue weighted by atomic mass is 16.7. The van der Waals surface area contributed by atoms with E-state index < -0.39 is 0 Å². The maximum absolute atomic E-state index is 12.5. The van der Waals surface area contributed by atoms with Gasteiger partial charge in [0.2, 0.25) is 12.7 Å². The molecule has 0 unspecified atom stereocenters. The van der Waals surface area contributed by atoms with Crippen LogP contribution in [0.2, 0.25) is 0 Å². The van der Waals surface area contributed by atoms with Crippen molar-refractivity contribution in [3.8, 4) is 11.5 Å². The standard InChI is InChI=1S/C18H23NO3/c1-2-19(15-6-4-3-5-7-15)18(20)11-9-14-8-10-16-17(12-14)22-13-21-16/h8-12,15H,2-7,13H2,1H3. The Labute approximate surface area is 131 Å². The summed E-state index contributed by atoms with van der Waals surface area (Å²) in [6.45, 7) is 3.10. The first-order valence-electron chi connectivity index (χ1n) is 8.16. The molecule has 0 N–H and O–H groups in total. The second-order valence-electron chi connectivity index (χ2n) is 5.86. The van der Waals surface area contributed by atoms with Crippen LogP contribution in [0.15, 0.2) is 24.3 Å². The average molecular weight is 301 g/mol. The summed E-state index contributed by atoms with van der Waals surface area (Å²) >= 11 is 0. The van der Waals surface area contributed by atoms with E-state index in [2.05, 4.69) is 6.92 Å². The van der Waals surface area contributed by atoms with E-state index in [1.807, 2.05) is 29.2 Å². The van der Waals surface area contributed by atoms with E-state index in [1.165, 1.54) is 19.3 Å². The SMILES string of the molecule is CCN(C(=O)C=Cc1ccc2c(c1)OCO2)C1CCCCC1. The summed E-state index contributed by atoms with van der Waals surface area (Å²) in [4.78, 5) is 14.5. The van der Waals surface area contributed by atoms with Crippen LogP contribution in [0.25, 0.3) is 6.08 Å². The summed E-state index contributed by atoms with van der Waals surface area (Å²) in [5, 5.41) is 0. The number of hydrogen-bond donors (Lipinski definition) is 0. The number of benzene rings is 1. The van der Waals surface area contributed by atoms with E-state index in [4.69, 9.17) is 9.47 Å². The van der Waals surface area contributed by atoms with Crippen LogP contribution in [-0.4, -0.2) is 30.2 Å². The van der Waals surface area contributed by atoms with Crippen LogP contribution in [-0.2, 0) is 4.79 Å². The van der Waals surface area contributed by atoms with Crippen LogP contribution < -0.4 is 9.47 Å². The first-order chi connectivity index (χ1) is 10.8. The van der Waals surface area contributed by atoms with Gasteiger partial charge in [-0.25, -0.2) is 0 Å². The fourth-order valence-electron chi connectivity index (χ4n) is 3.27. The Morgan fingerprint density at radius 3 is 2.77 bits per heavy atom. The van der Waals surface area contributed by atoms with Crippen LogP contribution in [0, 0.1) is 0 Å². The van der Waals surface area contributed by atoms with E-state index >= 15 is 0 Å². The fourth-order valence-corrected chi connectivity index (χ4v) is 3.27. The van der Waals surface area contributed by atoms with Gasteiger partial charge < -0.3 is 14.4 Å². The van der Waals surface area contributed by atoms with Crippen LogP contribution in [0.5, 0.6) is 11.5 Å². The van der Waals surface area contributed by atoms with Crippen LogP contribution in [0.1, 0.15) is 44.6 Å². The normalized spacial score (nSPS) is 17.9. The second kappa shape index (κ2) is 6.86. The van der Waals surface area contributed by atoms with Crippen molar-refractivity contribution < 1.29 is 14.3 Å². The summed E-state index contributed by atoms with van der Waals surface area (Å²) in [6, 6.07) is 6.13. The molecule has 0 aromatic heterocycles. The Balaban J connectivity index is 1.66. The molecule has 1 saturated carbocycles. The Morgan fingerprint density at radius 1 is 1.23 bits per heavy atom. The molecule has 1 heterocycles. The van der Waals surface area contributed by atoms with Crippen LogP contribution >= 0.6 is 0 Å². The van der Waals surface area contributed by atoms with Crippen molar-refractivity contribution in [2.75, 3.05) is 13.3 Å². The van der Waals surface area contributed by atoms with Crippen molar-refractivity contribution in [2.45, 2.75) is 45.1 Å². The molecule has 22 heavy (non-hydrogen) atoms. The number of hydrogen-bond acceptors (Lipinski definition) is 3. The molecule has 1 aliphatic carbocycles. The molecule has 0 radical (unpaired) electrons. The molecule has 0 spiro atoms. The Hall–Kier alpha value is -1.97. The Morgan fingerprint density at radius 2 is 2.00 bits per heavy atom. The lowest BCUT2D eigenvalue weighted by Gasteiger charge is -2.32. The molecule has 2 aliphatic rings. The minimum atomic E-state index is 0.104. The largest absolute Gasteiger partial charge is 0.454 e. The molecule has 0 bridgehead atoms. The number of likely N-dealkylation sites (N-methyl/N-ethyl adjacent to an activating group) is 1. The number of ether oxygens (including phenoxy) is 2. The van der Waals surface area contributed by atoms with E-state index in [0.29, 0.717) is 6.04 Å². The van der Waals surface area contributed by atoms with Crippen molar-refractivity contribution in [1.29, 1.82) is 0 Å². The van der Waals surface area contributed by atoms with Crippen molar-refractivity contribution in [1.82, 2.24) is 4.90 Å². The highest BCUT2D eigenvalue weighted by Gasteiger charge is 2.22. The van der Waals surface area contributed by atoms with Crippen LogP contribution in [0.4, 0.5) is 0 Å². The summed E-state index contributed by atoms with van der Waals surface area (Å²) in [5.74, 6) is 1.61. The maximum Gasteiger partial charge on any atom is 0.246 e. The van der Waals surface area contributed by atoms with Gasteiger partial charge in [0.05, 0.1) is 0 Å². The average Bonchev–Trinajstić information content (AvgIpc) is 3.02. The molecule has 1 aromatic carbocycles. The minimum Gasteiger partial charge on any atom is -0.454 e. The van der Waals surface area contributed by atoms with E-state index in [9.17, 15) is 4.79 Å². The molecule has 0 atom stereocenters. The lowest BCUT2D eigenvalue weighted by molar-refractivity contribution is -0.128. The third kappa shape index (κ3) is 3.26. The predicted molar refractivity (Wildman–Crippen MR) is 85.9 cm³/mol. The van der Waals surface area contributed by atoms with Gasteiger partial charge in [-0.15, -0.1) is 0 Å². The second-order valence-corrected chi connectivity index (χ2v) is 5.86. The fraction of sp³-hybridized carbons (Fsp3) is 0.500. The van der Waals surface area contributed by atoms with Gasteiger partial charge >= 0.3 is 0 Å². The number of amides is 1. The molecular formula is C18H23NO3. The molecule has 0 saturated heterocycles. The number of rotatable bonds is 4. The first-order valence-corrected chi connectivity index (χ1v) is 8.16. The number of carbonyl (C=O) groups excluding carboxylic acids is 1. The molecule has 118 valence electrons. The zero-order valence-electron chi connectivity index (χ0n) is 13.1. The van der Waals surface area contributed by atoms with Gasteiger partial charge in [-0.05, 0) is 43.5 Å². The zero-order chi connectivity index (χ0) is 15.4. The summed E-state index contributed by atoms with van der Waals surface area (Å²) in [7, 11) is 0. The van der Waals surface area contributed by atoms with Gasteiger partial charge in [-0.1, -0.05) is 25.3 Å². The number of carbonyl (C=O) groups is 1. The molecule has 1 amide bonds. The molecule has 4 heteroatoms. The third-order valence-electron chi connectivity index (χ3n) is 4.45. The van der Waals surface area contributed by atoms with Gasteiger partial charge in [0.15, 0.2) is 11.5 Å². The smallest absolute Gasteiger partial charge is 0.246 e. The van der Waals surface area contributed by atoms with Crippen molar-refractivity contribution in [3.05, 3.63) is 29.8 Å². The third-order valence-corrected chi connectivity index (χ3v) is 4.45. The summed E-state index contributed by atoms with van der Waals surface area (Å²) in [6.07, 6.45) is 9.58. The van der Waals surface area contributed by atoms with Gasteiger partial charge in [-0.3, -0.25) is 4.79 Å². The molecular weight excluding hydrogens is 278 g/mol.